The fraction of sp³-hybridized carbons (Fsp3) is 0.727. The highest BCUT2D eigenvalue weighted by atomic mass is 16.5. The van der Waals surface area contributed by atoms with Crippen molar-refractivity contribution in [1.82, 2.24) is 0 Å². The van der Waals surface area contributed by atoms with Crippen molar-refractivity contribution >= 4 is 5.97 Å². The van der Waals surface area contributed by atoms with Crippen LogP contribution in [0.25, 0.3) is 0 Å². The molecule has 0 aromatic carbocycles. The molecule has 0 N–H and O–H groups in total. The van der Waals surface area contributed by atoms with Gasteiger partial charge in [0, 0.05) is 12.7 Å². The minimum atomic E-state index is -0.338. The first-order valence-corrected chi connectivity index (χ1v) is 5.03. The molecule has 0 saturated carbocycles. The third kappa shape index (κ3) is 7.80. The number of esters is 1. The summed E-state index contributed by atoms with van der Waals surface area (Å²) in [6, 6.07) is 0. The Bertz CT molecular complexity index is 175. The minimum Gasteiger partial charge on any atom is -0.466 e. The van der Waals surface area contributed by atoms with E-state index >= 15 is 0 Å². The number of hydrogen-bond acceptors (Lipinski definition) is 3. The first kappa shape index (κ1) is 13.2. The second kappa shape index (κ2) is 8.75. The summed E-state index contributed by atoms with van der Waals surface area (Å²) >= 11 is 0. The van der Waals surface area contributed by atoms with Gasteiger partial charge < -0.3 is 9.47 Å². The molecule has 1 atom stereocenters. The van der Waals surface area contributed by atoms with Crippen LogP contribution < -0.4 is 0 Å². The van der Waals surface area contributed by atoms with Crippen LogP contribution in [-0.4, -0.2) is 26.3 Å². The van der Waals surface area contributed by atoms with E-state index in [-0.39, 0.29) is 5.97 Å². The highest BCUT2D eigenvalue weighted by molar-refractivity contribution is 5.81. The normalized spacial score (nSPS) is 13.1. The lowest BCUT2D eigenvalue weighted by Crippen LogP contribution is -2.05. The molecule has 0 saturated heterocycles. The second-order valence-electron chi connectivity index (χ2n) is 3.36. The molecule has 0 heterocycles. The standard InChI is InChI=1S/C11H20O3/c1-4-6-10(2)9-14-8-5-7-11(12)13-3/h5,7,10H,4,6,8-9H2,1-3H3/b7-5+. The van der Waals surface area contributed by atoms with Gasteiger partial charge in [-0.2, -0.15) is 0 Å². The summed E-state index contributed by atoms with van der Waals surface area (Å²) in [6.07, 6.45) is 5.41. The quantitative estimate of drug-likeness (QED) is 0.359. The number of carbonyl (C=O) groups is 1. The van der Waals surface area contributed by atoms with Gasteiger partial charge in [0.2, 0.25) is 0 Å². The van der Waals surface area contributed by atoms with E-state index in [0.717, 1.165) is 6.61 Å². The van der Waals surface area contributed by atoms with E-state index in [1.807, 2.05) is 0 Å². The van der Waals surface area contributed by atoms with Crippen LogP contribution in [0.15, 0.2) is 12.2 Å². The molecule has 0 spiro atoms. The average Bonchev–Trinajstić information content (AvgIpc) is 2.17. The highest BCUT2D eigenvalue weighted by Crippen LogP contribution is 2.04. The maximum Gasteiger partial charge on any atom is 0.330 e. The van der Waals surface area contributed by atoms with E-state index in [4.69, 9.17) is 4.74 Å². The molecule has 0 aromatic rings. The summed E-state index contributed by atoms with van der Waals surface area (Å²) < 4.78 is 9.78. The van der Waals surface area contributed by atoms with Crippen molar-refractivity contribution in [2.45, 2.75) is 26.7 Å². The SMILES string of the molecule is CCCC(C)COC/C=C/C(=O)OC. The van der Waals surface area contributed by atoms with Gasteiger partial charge in [-0.15, -0.1) is 0 Å². The Balaban J connectivity index is 3.37. The Morgan fingerprint density at radius 3 is 2.79 bits per heavy atom. The number of methoxy groups -OCH3 is 1. The van der Waals surface area contributed by atoms with Crippen LogP contribution in [-0.2, 0) is 14.3 Å². The number of hydrogen-bond donors (Lipinski definition) is 0. The van der Waals surface area contributed by atoms with E-state index < -0.39 is 0 Å². The lowest BCUT2D eigenvalue weighted by Gasteiger charge is -2.08. The first-order chi connectivity index (χ1) is 6.70. The fourth-order valence-corrected chi connectivity index (χ4v) is 1.13. The molecule has 3 heteroatoms. The van der Waals surface area contributed by atoms with Crippen LogP contribution in [0.1, 0.15) is 26.7 Å². The van der Waals surface area contributed by atoms with Crippen LogP contribution in [0, 0.1) is 5.92 Å². The zero-order chi connectivity index (χ0) is 10.8. The number of rotatable bonds is 7. The average molecular weight is 200 g/mol. The summed E-state index contributed by atoms with van der Waals surface area (Å²) in [5, 5.41) is 0. The van der Waals surface area contributed by atoms with Crippen molar-refractivity contribution in [1.29, 1.82) is 0 Å². The van der Waals surface area contributed by atoms with Crippen LogP contribution >= 0.6 is 0 Å². The second-order valence-corrected chi connectivity index (χ2v) is 3.36. The van der Waals surface area contributed by atoms with Gasteiger partial charge in [-0.05, 0) is 12.3 Å². The molecule has 0 aliphatic rings. The fourth-order valence-electron chi connectivity index (χ4n) is 1.13. The largest absolute Gasteiger partial charge is 0.466 e. The van der Waals surface area contributed by atoms with Gasteiger partial charge in [-0.25, -0.2) is 4.79 Å². The molecule has 0 aromatic heterocycles. The Morgan fingerprint density at radius 2 is 2.21 bits per heavy atom. The summed E-state index contributed by atoms with van der Waals surface area (Å²) in [4.78, 5) is 10.6. The van der Waals surface area contributed by atoms with Gasteiger partial charge in [0.15, 0.2) is 0 Å². The lowest BCUT2D eigenvalue weighted by molar-refractivity contribution is -0.134. The molecule has 82 valence electrons. The van der Waals surface area contributed by atoms with Gasteiger partial charge in [-0.3, -0.25) is 0 Å². The molecule has 0 rings (SSSR count). The van der Waals surface area contributed by atoms with Gasteiger partial charge in [0.25, 0.3) is 0 Å². The Kier molecular flexibility index (Phi) is 8.24. The predicted molar refractivity (Wildman–Crippen MR) is 56.0 cm³/mol. The summed E-state index contributed by atoms with van der Waals surface area (Å²) in [5.74, 6) is 0.252. The van der Waals surface area contributed by atoms with Crippen LogP contribution in [0.5, 0.6) is 0 Å². The maximum atomic E-state index is 10.6. The molecule has 0 bridgehead atoms. The van der Waals surface area contributed by atoms with E-state index in [2.05, 4.69) is 18.6 Å². The Morgan fingerprint density at radius 1 is 1.50 bits per heavy atom. The van der Waals surface area contributed by atoms with Gasteiger partial charge in [0.05, 0.1) is 13.7 Å². The van der Waals surface area contributed by atoms with E-state index in [0.29, 0.717) is 12.5 Å². The van der Waals surface area contributed by atoms with Gasteiger partial charge in [-0.1, -0.05) is 26.3 Å². The zero-order valence-corrected chi connectivity index (χ0v) is 9.29. The van der Waals surface area contributed by atoms with E-state index in [1.165, 1.54) is 26.0 Å². The van der Waals surface area contributed by atoms with Gasteiger partial charge in [0.1, 0.15) is 0 Å². The third-order valence-corrected chi connectivity index (χ3v) is 1.85. The molecule has 0 fully saturated rings. The Hall–Kier alpha value is -0.830. The van der Waals surface area contributed by atoms with Crippen molar-refractivity contribution in [3.05, 3.63) is 12.2 Å². The highest BCUT2D eigenvalue weighted by Gasteiger charge is 1.99. The minimum absolute atomic E-state index is 0.338. The van der Waals surface area contributed by atoms with Crippen molar-refractivity contribution in [3.8, 4) is 0 Å². The topological polar surface area (TPSA) is 35.5 Å². The van der Waals surface area contributed by atoms with Crippen molar-refractivity contribution in [2.24, 2.45) is 5.92 Å². The monoisotopic (exact) mass is 200 g/mol. The molecule has 1 unspecified atom stereocenters. The smallest absolute Gasteiger partial charge is 0.330 e. The lowest BCUT2D eigenvalue weighted by atomic mass is 10.1. The molecule has 3 nitrogen and oxygen atoms in total. The van der Waals surface area contributed by atoms with E-state index in [9.17, 15) is 4.79 Å². The zero-order valence-electron chi connectivity index (χ0n) is 9.29. The molecular weight excluding hydrogens is 180 g/mol. The summed E-state index contributed by atoms with van der Waals surface area (Å²) in [7, 11) is 1.36. The van der Waals surface area contributed by atoms with Gasteiger partial charge >= 0.3 is 5.97 Å². The molecule has 0 aliphatic heterocycles. The third-order valence-electron chi connectivity index (χ3n) is 1.85. The van der Waals surface area contributed by atoms with Crippen molar-refractivity contribution < 1.29 is 14.3 Å². The maximum absolute atomic E-state index is 10.6. The number of carbonyl (C=O) groups excluding carboxylic acids is 1. The van der Waals surface area contributed by atoms with Crippen LogP contribution in [0.4, 0.5) is 0 Å². The van der Waals surface area contributed by atoms with Crippen molar-refractivity contribution in [3.63, 3.8) is 0 Å². The molecule has 0 amide bonds. The molecule has 14 heavy (non-hydrogen) atoms. The predicted octanol–water partition coefficient (Wildman–Crippen LogP) is 2.17. The van der Waals surface area contributed by atoms with Crippen LogP contribution in [0.2, 0.25) is 0 Å². The number of ether oxygens (including phenoxy) is 2. The molecular formula is C11H20O3. The summed E-state index contributed by atoms with van der Waals surface area (Å²) in [6.45, 7) is 5.55. The Labute approximate surface area is 86.1 Å². The first-order valence-electron chi connectivity index (χ1n) is 5.03. The molecule has 0 radical (unpaired) electrons. The summed E-state index contributed by atoms with van der Waals surface area (Å²) in [5.41, 5.74) is 0. The van der Waals surface area contributed by atoms with Crippen LogP contribution in [0.3, 0.4) is 0 Å². The van der Waals surface area contributed by atoms with Crippen molar-refractivity contribution in [2.75, 3.05) is 20.3 Å². The van der Waals surface area contributed by atoms with E-state index in [1.54, 1.807) is 6.08 Å². The molecule has 0 aliphatic carbocycles.